The highest BCUT2D eigenvalue weighted by atomic mass is 35.5. The van der Waals surface area contributed by atoms with Gasteiger partial charge in [-0.25, -0.2) is 4.90 Å². The number of amides is 2. The average Bonchev–Trinajstić information content (AvgIpc) is 3.05. The van der Waals surface area contributed by atoms with Crippen LogP contribution in [0.3, 0.4) is 0 Å². The van der Waals surface area contributed by atoms with Crippen molar-refractivity contribution in [2.45, 2.75) is 0 Å². The van der Waals surface area contributed by atoms with Gasteiger partial charge in [0.25, 0.3) is 11.8 Å². The molecule has 1 saturated heterocycles. The fourth-order valence-corrected chi connectivity index (χ4v) is 4.30. The largest absolute Gasteiger partial charge is 0.395 e. The van der Waals surface area contributed by atoms with E-state index in [2.05, 4.69) is 4.90 Å². The first-order valence-corrected chi connectivity index (χ1v) is 11.0. The van der Waals surface area contributed by atoms with Gasteiger partial charge in [0.1, 0.15) is 5.70 Å². The van der Waals surface area contributed by atoms with Crippen LogP contribution in [0.2, 0.25) is 5.02 Å². The summed E-state index contributed by atoms with van der Waals surface area (Å²) in [5.41, 5.74) is 2.95. The molecule has 0 atom stereocenters. The van der Waals surface area contributed by atoms with Crippen molar-refractivity contribution in [3.63, 3.8) is 0 Å². The van der Waals surface area contributed by atoms with Gasteiger partial charge in [-0.05, 0) is 35.9 Å². The van der Waals surface area contributed by atoms with Gasteiger partial charge in [-0.2, -0.15) is 0 Å². The molecule has 2 heterocycles. The van der Waals surface area contributed by atoms with E-state index in [-0.39, 0.29) is 18.4 Å². The normalized spacial score (nSPS) is 17.5. The molecule has 0 spiro atoms. The van der Waals surface area contributed by atoms with E-state index in [1.807, 2.05) is 42.1 Å². The van der Waals surface area contributed by atoms with Crippen LogP contribution in [-0.2, 0) is 9.59 Å². The van der Waals surface area contributed by atoms with E-state index in [9.17, 15) is 14.7 Å². The predicted molar refractivity (Wildman–Crippen MR) is 127 cm³/mol. The molecule has 0 bridgehead atoms. The van der Waals surface area contributed by atoms with E-state index in [1.165, 1.54) is 4.90 Å². The number of carbonyl (C=O) groups excluding carboxylic acids is 2. The second kappa shape index (κ2) is 9.32. The standard InChI is InChI=1S/C24H27ClN4O3/c1-26(2)19-4-3-5-20(16-19)29-23(31)21(17-6-8-18(25)9-7-17)22(24(29)32)28-12-10-27(11-13-28)14-15-30/h3-9,16,30H,10-15H2,1-2H3. The van der Waals surface area contributed by atoms with Crippen molar-refractivity contribution >= 4 is 40.4 Å². The van der Waals surface area contributed by atoms with E-state index in [0.717, 1.165) is 18.8 Å². The summed E-state index contributed by atoms with van der Waals surface area (Å²) >= 11 is 6.07. The van der Waals surface area contributed by atoms with Gasteiger partial charge in [0.2, 0.25) is 0 Å². The number of carbonyl (C=O) groups is 2. The Balaban J connectivity index is 1.74. The van der Waals surface area contributed by atoms with Crippen molar-refractivity contribution in [1.82, 2.24) is 9.80 Å². The molecule has 2 aromatic carbocycles. The number of aliphatic hydroxyl groups is 1. The van der Waals surface area contributed by atoms with Gasteiger partial charge in [0, 0.05) is 57.5 Å². The highest BCUT2D eigenvalue weighted by Gasteiger charge is 2.43. The molecule has 4 rings (SSSR count). The van der Waals surface area contributed by atoms with Crippen LogP contribution in [-0.4, -0.2) is 80.1 Å². The van der Waals surface area contributed by atoms with E-state index in [4.69, 9.17) is 11.6 Å². The van der Waals surface area contributed by atoms with Gasteiger partial charge in [-0.3, -0.25) is 14.5 Å². The molecule has 1 fully saturated rings. The topological polar surface area (TPSA) is 67.3 Å². The molecular formula is C24H27ClN4O3. The first kappa shape index (κ1) is 22.3. The third-order valence-electron chi connectivity index (χ3n) is 5.90. The Morgan fingerprint density at radius 3 is 2.28 bits per heavy atom. The van der Waals surface area contributed by atoms with Crippen LogP contribution in [0, 0.1) is 0 Å². The molecule has 8 heteroatoms. The van der Waals surface area contributed by atoms with Gasteiger partial charge in [-0.1, -0.05) is 29.8 Å². The maximum atomic E-state index is 13.7. The Kier molecular flexibility index (Phi) is 6.50. The summed E-state index contributed by atoms with van der Waals surface area (Å²) < 4.78 is 0. The molecule has 0 saturated carbocycles. The van der Waals surface area contributed by atoms with Crippen molar-refractivity contribution in [2.24, 2.45) is 0 Å². The molecule has 2 aliphatic rings. The summed E-state index contributed by atoms with van der Waals surface area (Å²) in [4.78, 5) is 34.6. The number of nitrogens with zero attached hydrogens (tertiary/aromatic N) is 4. The maximum absolute atomic E-state index is 13.7. The van der Waals surface area contributed by atoms with Crippen molar-refractivity contribution < 1.29 is 14.7 Å². The summed E-state index contributed by atoms with van der Waals surface area (Å²) in [5, 5.41) is 9.79. The monoisotopic (exact) mass is 454 g/mol. The number of halogens is 1. The minimum Gasteiger partial charge on any atom is -0.395 e. The Hall–Kier alpha value is -2.87. The summed E-state index contributed by atoms with van der Waals surface area (Å²) in [6.45, 7) is 3.36. The lowest BCUT2D eigenvalue weighted by Gasteiger charge is -2.36. The lowest BCUT2D eigenvalue weighted by molar-refractivity contribution is -0.120. The number of hydrogen-bond donors (Lipinski definition) is 1. The molecule has 0 aromatic heterocycles. The molecule has 0 radical (unpaired) electrons. The SMILES string of the molecule is CN(C)c1cccc(N2C(=O)C(c3ccc(Cl)cc3)=C(N3CCN(CCO)CC3)C2=O)c1. The molecule has 7 nitrogen and oxygen atoms in total. The number of β-amino-alcohol motifs (C(OH)–C–C–N with tert-alkyl or cyclic N) is 1. The Morgan fingerprint density at radius 1 is 0.969 bits per heavy atom. The highest BCUT2D eigenvalue weighted by molar-refractivity contribution is 6.45. The van der Waals surface area contributed by atoms with Gasteiger partial charge in [0.15, 0.2) is 0 Å². The maximum Gasteiger partial charge on any atom is 0.282 e. The lowest BCUT2D eigenvalue weighted by atomic mass is 10.0. The van der Waals surface area contributed by atoms with Crippen LogP contribution in [0.5, 0.6) is 0 Å². The number of piperazine rings is 1. The predicted octanol–water partition coefficient (Wildman–Crippen LogP) is 2.30. The van der Waals surface area contributed by atoms with E-state index >= 15 is 0 Å². The summed E-state index contributed by atoms with van der Waals surface area (Å²) in [5.74, 6) is -0.646. The molecule has 0 unspecified atom stereocenters. The summed E-state index contributed by atoms with van der Waals surface area (Å²) in [6, 6.07) is 14.4. The van der Waals surface area contributed by atoms with Crippen LogP contribution < -0.4 is 9.80 Å². The third-order valence-corrected chi connectivity index (χ3v) is 6.15. The Bertz CT molecular complexity index is 1040. The van der Waals surface area contributed by atoms with Crippen molar-refractivity contribution in [1.29, 1.82) is 0 Å². The number of hydrogen-bond acceptors (Lipinski definition) is 6. The van der Waals surface area contributed by atoms with Gasteiger partial charge in [-0.15, -0.1) is 0 Å². The van der Waals surface area contributed by atoms with Crippen LogP contribution in [0.4, 0.5) is 11.4 Å². The second-order valence-corrected chi connectivity index (χ2v) is 8.58. The number of anilines is 2. The molecule has 2 amide bonds. The zero-order valence-electron chi connectivity index (χ0n) is 18.3. The molecule has 32 heavy (non-hydrogen) atoms. The fourth-order valence-electron chi connectivity index (χ4n) is 4.17. The molecular weight excluding hydrogens is 428 g/mol. The van der Waals surface area contributed by atoms with E-state index in [1.54, 1.807) is 30.3 Å². The van der Waals surface area contributed by atoms with Crippen molar-refractivity contribution in [3.05, 3.63) is 64.8 Å². The van der Waals surface area contributed by atoms with Crippen LogP contribution in [0.1, 0.15) is 5.56 Å². The molecule has 168 valence electrons. The second-order valence-electron chi connectivity index (χ2n) is 8.14. The molecule has 1 N–H and O–H groups in total. The zero-order valence-corrected chi connectivity index (χ0v) is 19.0. The lowest BCUT2D eigenvalue weighted by Crippen LogP contribution is -2.48. The van der Waals surface area contributed by atoms with Gasteiger partial charge in [0.05, 0.1) is 17.9 Å². The number of aliphatic hydroxyl groups excluding tert-OH is 1. The van der Waals surface area contributed by atoms with Gasteiger partial charge < -0.3 is 14.9 Å². The average molecular weight is 455 g/mol. The first-order chi connectivity index (χ1) is 15.4. The van der Waals surface area contributed by atoms with E-state index in [0.29, 0.717) is 47.2 Å². The van der Waals surface area contributed by atoms with Crippen molar-refractivity contribution in [3.8, 4) is 0 Å². The molecule has 2 aromatic rings. The zero-order chi connectivity index (χ0) is 22.8. The Morgan fingerprint density at radius 2 is 1.66 bits per heavy atom. The number of benzene rings is 2. The van der Waals surface area contributed by atoms with E-state index < -0.39 is 0 Å². The summed E-state index contributed by atoms with van der Waals surface area (Å²) in [6.07, 6.45) is 0. The minimum absolute atomic E-state index is 0.103. The first-order valence-electron chi connectivity index (χ1n) is 10.6. The molecule has 0 aliphatic carbocycles. The van der Waals surface area contributed by atoms with Crippen LogP contribution in [0.15, 0.2) is 54.2 Å². The molecule has 2 aliphatic heterocycles. The van der Waals surface area contributed by atoms with Gasteiger partial charge >= 0.3 is 0 Å². The highest BCUT2D eigenvalue weighted by Crippen LogP contribution is 2.36. The minimum atomic E-state index is -0.332. The van der Waals surface area contributed by atoms with Crippen molar-refractivity contribution in [2.75, 3.05) is 63.2 Å². The van der Waals surface area contributed by atoms with Crippen LogP contribution in [0.25, 0.3) is 5.57 Å². The summed E-state index contributed by atoms with van der Waals surface area (Å²) in [7, 11) is 3.84. The third kappa shape index (κ3) is 4.24. The smallest absolute Gasteiger partial charge is 0.282 e. The number of rotatable bonds is 6. The quantitative estimate of drug-likeness (QED) is 0.675. The fraction of sp³-hybridized carbons (Fsp3) is 0.333. The van der Waals surface area contributed by atoms with Crippen LogP contribution >= 0.6 is 11.6 Å². The number of imide groups is 1. The Labute approximate surface area is 193 Å².